The van der Waals surface area contributed by atoms with Crippen LogP contribution in [0.15, 0.2) is 84.7 Å². The van der Waals surface area contributed by atoms with Crippen LogP contribution in [0.4, 0.5) is 14.9 Å². The Hall–Kier alpha value is -4.78. The fourth-order valence-electron chi connectivity index (χ4n) is 10.2. The second-order valence-corrected chi connectivity index (χ2v) is 15.9. The van der Waals surface area contributed by atoms with Crippen LogP contribution >= 0.6 is 0 Å². The molecule has 0 bridgehead atoms. The number of nitrogens with zero attached hydrogens (tertiary/aromatic N) is 1. The summed E-state index contributed by atoms with van der Waals surface area (Å²) in [5.74, 6) is -3.58. The number of hydrogen-bond donors (Lipinski definition) is 4. The third-order valence-corrected chi connectivity index (χ3v) is 13.2. The highest BCUT2D eigenvalue weighted by atomic mass is 19.1. The standard InChI is InChI=1S/C42H46FN3O8/c1-24-16-34-33-11-9-29-18-31(47)12-14-39(29,2)41(33,43)35(48)19-40(34,3)42(24,52)36(49)23-54-38(51)53-22-25-4-6-26(7-5-25)32(20-44)37(50)46-30-10-8-28-21-45-15-13-27(28)17-30/h4-8,10,12-15,17-18,21,24,32-35,48,52H,9,11,16,19-20,22-23,44H2,1-3H3,(H,46,50)/t24-,32+,33-,34-,35-,39-,40-,41-,42-/m0/s1. The van der Waals surface area contributed by atoms with E-state index in [4.69, 9.17) is 15.2 Å². The van der Waals surface area contributed by atoms with Gasteiger partial charge < -0.3 is 30.7 Å². The quantitative estimate of drug-likeness (QED) is 0.205. The molecule has 11 nitrogen and oxygen atoms in total. The lowest BCUT2D eigenvalue weighted by atomic mass is 9.44. The van der Waals surface area contributed by atoms with Gasteiger partial charge in [-0.3, -0.25) is 19.4 Å². The summed E-state index contributed by atoms with van der Waals surface area (Å²) in [4.78, 5) is 55.8. The normalized spacial score (nSPS) is 33.2. The van der Waals surface area contributed by atoms with E-state index in [9.17, 15) is 29.4 Å². The van der Waals surface area contributed by atoms with Crippen molar-refractivity contribution in [2.24, 2.45) is 34.3 Å². The van der Waals surface area contributed by atoms with Crippen LogP contribution in [0.3, 0.4) is 0 Å². The van der Waals surface area contributed by atoms with Gasteiger partial charge in [0.15, 0.2) is 18.1 Å². The monoisotopic (exact) mass is 739 g/mol. The van der Waals surface area contributed by atoms with Crippen LogP contribution in [0.1, 0.15) is 63.5 Å². The number of nitrogens with one attached hydrogen (secondary N) is 1. The smallest absolute Gasteiger partial charge is 0.429 e. The van der Waals surface area contributed by atoms with Crippen molar-refractivity contribution in [3.8, 4) is 0 Å². The summed E-state index contributed by atoms with van der Waals surface area (Å²) in [6.45, 7) is 4.28. The van der Waals surface area contributed by atoms with E-state index in [0.29, 0.717) is 41.6 Å². The first kappa shape index (κ1) is 37.5. The van der Waals surface area contributed by atoms with Crippen LogP contribution in [0.25, 0.3) is 10.8 Å². The predicted molar refractivity (Wildman–Crippen MR) is 198 cm³/mol. The van der Waals surface area contributed by atoms with Crippen LogP contribution < -0.4 is 11.1 Å². The van der Waals surface area contributed by atoms with Crippen molar-refractivity contribution in [1.29, 1.82) is 0 Å². The van der Waals surface area contributed by atoms with Gasteiger partial charge in [0.05, 0.1) is 12.0 Å². The Morgan fingerprint density at radius 3 is 2.57 bits per heavy atom. The average Bonchev–Trinajstić information content (AvgIpc) is 3.35. The number of carbonyl (C=O) groups excluding carboxylic acids is 4. The number of hydrogen-bond acceptors (Lipinski definition) is 10. The molecular formula is C42H46FN3O8. The molecular weight excluding hydrogens is 693 g/mol. The lowest BCUT2D eigenvalue weighted by molar-refractivity contribution is -0.219. The van der Waals surface area contributed by atoms with Crippen molar-refractivity contribution in [1.82, 2.24) is 4.98 Å². The number of amides is 1. The second kappa shape index (κ2) is 13.8. The summed E-state index contributed by atoms with van der Waals surface area (Å²) in [5.41, 5.74) is 2.05. The molecule has 4 aliphatic carbocycles. The van der Waals surface area contributed by atoms with Gasteiger partial charge in [0, 0.05) is 46.8 Å². The molecule has 284 valence electrons. The topological polar surface area (TPSA) is 178 Å². The summed E-state index contributed by atoms with van der Waals surface area (Å²) in [6.07, 6.45) is 6.16. The summed E-state index contributed by atoms with van der Waals surface area (Å²) in [7, 11) is 0. The lowest BCUT2D eigenvalue weighted by Crippen LogP contribution is -2.69. The minimum Gasteiger partial charge on any atom is -0.429 e. The molecule has 0 radical (unpaired) electrons. The van der Waals surface area contributed by atoms with E-state index in [1.165, 1.54) is 12.2 Å². The van der Waals surface area contributed by atoms with Gasteiger partial charge >= 0.3 is 6.16 Å². The molecule has 0 unspecified atom stereocenters. The predicted octanol–water partition coefficient (Wildman–Crippen LogP) is 5.49. The zero-order valence-corrected chi connectivity index (χ0v) is 30.6. The van der Waals surface area contributed by atoms with E-state index in [2.05, 4.69) is 10.3 Å². The molecule has 1 heterocycles. The first-order chi connectivity index (χ1) is 25.6. The first-order valence-electron chi connectivity index (χ1n) is 18.5. The second-order valence-electron chi connectivity index (χ2n) is 15.9. The minimum absolute atomic E-state index is 0.0652. The molecule has 12 heteroatoms. The van der Waals surface area contributed by atoms with E-state index >= 15 is 4.39 Å². The molecule has 3 saturated carbocycles. The number of Topliss-reactive ketones (excluding diaryl/α,β-unsaturated/α-hetero) is 1. The third kappa shape index (κ3) is 5.86. The van der Waals surface area contributed by atoms with Gasteiger partial charge in [-0.1, -0.05) is 55.8 Å². The van der Waals surface area contributed by atoms with E-state index < -0.39 is 70.4 Å². The van der Waals surface area contributed by atoms with Gasteiger partial charge in [-0.05, 0) is 91.3 Å². The number of ketones is 2. The Morgan fingerprint density at radius 1 is 1.07 bits per heavy atom. The van der Waals surface area contributed by atoms with Gasteiger partial charge in [0.25, 0.3) is 0 Å². The van der Waals surface area contributed by atoms with Crippen molar-refractivity contribution < 1.29 is 43.3 Å². The number of ether oxygens (including phenoxy) is 2. The number of nitrogens with two attached hydrogens (primary N) is 1. The molecule has 2 aromatic carbocycles. The van der Waals surface area contributed by atoms with Gasteiger partial charge in [0.1, 0.15) is 12.2 Å². The molecule has 0 aliphatic heterocycles. The van der Waals surface area contributed by atoms with Crippen molar-refractivity contribution in [3.05, 3.63) is 95.9 Å². The van der Waals surface area contributed by atoms with Gasteiger partial charge in [-0.2, -0.15) is 0 Å². The van der Waals surface area contributed by atoms with Crippen molar-refractivity contribution in [2.75, 3.05) is 18.5 Å². The highest BCUT2D eigenvalue weighted by molar-refractivity contribution is 6.01. The third-order valence-electron chi connectivity index (χ3n) is 13.2. The summed E-state index contributed by atoms with van der Waals surface area (Å²) < 4.78 is 27.9. The van der Waals surface area contributed by atoms with Crippen molar-refractivity contribution in [3.63, 3.8) is 0 Å². The summed E-state index contributed by atoms with van der Waals surface area (Å²) in [6, 6.07) is 14.2. The Morgan fingerprint density at radius 2 is 1.83 bits per heavy atom. The Balaban J connectivity index is 0.955. The number of pyridine rings is 1. The van der Waals surface area contributed by atoms with Crippen molar-refractivity contribution >= 4 is 40.1 Å². The number of rotatable bonds is 9. The number of aliphatic hydroxyl groups excluding tert-OH is 1. The number of halogens is 1. The number of allylic oxidation sites excluding steroid dienone is 4. The van der Waals surface area contributed by atoms with Gasteiger partial charge in [0.2, 0.25) is 11.7 Å². The lowest BCUT2D eigenvalue weighted by Gasteiger charge is -2.62. The molecule has 7 rings (SSSR count). The zero-order chi connectivity index (χ0) is 38.6. The fraction of sp³-hybridized carbons (Fsp3) is 0.452. The fourth-order valence-corrected chi connectivity index (χ4v) is 10.2. The van der Waals surface area contributed by atoms with E-state index in [1.807, 2.05) is 18.2 Å². The largest absolute Gasteiger partial charge is 0.509 e. The van der Waals surface area contributed by atoms with Gasteiger partial charge in [-0.15, -0.1) is 0 Å². The SMILES string of the molecule is C[C@H]1C[C@H]2[C@@H]3CCC4=CC(=O)C=C[C@]4(C)[C@@]3(F)[C@@H](O)C[C@]2(C)[C@@]1(O)C(=O)COC(=O)OCc1ccc([C@@H](CN)C(=O)Nc2ccc3cnccc3c2)cc1. The average molecular weight is 740 g/mol. The molecule has 54 heavy (non-hydrogen) atoms. The van der Waals surface area contributed by atoms with Crippen LogP contribution in [0.5, 0.6) is 0 Å². The number of alkyl halides is 1. The molecule has 9 atom stereocenters. The molecule has 1 amide bonds. The number of fused-ring (bicyclic) bond motifs is 6. The molecule has 1 aromatic heterocycles. The van der Waals surface area contributed by atoms with Crippen LogP contribution in [-0.4, -0.2) is 69.4 Å². The number of aliphatic hydroxyl groups is 2. The first-order valence-corrected chi connectivity index (χ1v) is 18.5. The number of carbonyl (C=O) groups is 4. The van der Waals surface area contributed by atoms with Crippen LogP contribution in [0, 0.1) is 28.6 Å². The molecule has 5 N–H and O–H groups in total. The number of anilines is 1. The molecule has 0 spiro atoms. The molecule has 3 aromatic rings. The van der Waals surface area contributed by atoms with Crippen molar-refractivity contribution in [2.45, 2.75) is 76.4 Å². The highest BCUT2D eigenvalue weighted by Gasteiger charge is 2.75. The van der Waals surface area contributed by atoms with E-state index in [0.717, 1.165) is 10.8 Å². The molecule has 4 aliphatic rings. The van der Waals surface area contributed by atoms with Crippen LogP contribution in [0.2, 0.25) is 0 Å². The molecule has 0 saturated heterocycles. The minimum atomic E-state index is -2.10. The van der Waals surface area contributed by atoms with E-state index in [1.54, 1.807) is 69.6 Å². The maximum absolute atomic E-state index is 17.4. The maximum Gasteiger partial charge on any atom is 0.509 e. The van der Waals surface area contributed by atoms with E-state index in [-0.39, 0.29) is 31.3 Å². The number of benzene rings is 2. The molecule has 3 fully saturated rings. The maximum atomic E-state index is 17.4. The van der Waals surface area contributed by atoms with Gasteiger partial charge in [-0.25, -0.2) is 9.18 Å². The Labute approximate surface area is 312 Å². The zero-order valence-electron chi connectivity index (χ0n) is 30.6. The summed E-state index contributed by atoms with van der Waals surface area (Å²) >= 11 is 0. The van der Waals surface area contributed by atoms with Crippen LogP contribution in [-0.2, 0) is 30.5 Å². The Kier molecular flexibility index (Phi) is 9.60. The summed E-state index contributed by atoms with van der Waals surface area (Å²) in [5, 5.41) is 28.5. The Bertz CT molecular complexity index is 2070. The highest BCUT2D eigenvalue weighted by Crippen LogP contribution is 2.70. The number of aromatic nitrogens is 1.